The summed E-state index contributed by atoms with van der Waals surface area (Å²) in [4.78, 5) is 11.6. The zero-order valence-electron chi connectivity index (χ0n) is 10.0. The van der Waals surface area contributed by atoms with Crippen molar-refractivity contribution in [1.82, 2.24) is 0 Å². The number of primary amides is 1. The van der Waals surface area contributed by atoms with Crippen LogP contribution in [-0.2, 0) is 4.79 Å². The highest BCUT2D eigenvalue weighted by atomic mass is 16.5. The molecule has 92 valence electrons. The predicted octanol–water partition coefficient (Wildman–Crippen LogP) is 1.91. The molecule has 0 aromatic heterocycles. The van der Waals surface area contributed by atoms with Gasteiger partial charge in [0.2, 0.25) is 5.91 Å². The van der Waals surface area contributed by atoms with E-state index >= 15 is 0 Å². The Morgan fingerprint density at radius 3 is 2.35 bits per heavy atom. The summed E-state index contributed by atoms with van der Waals surface area (Å²) in [6, 6.07) is 7.54. The Kier molecular flexibility index (Phi) is 3.22. The van der Waals surface area contributed by atoms with E-state index in [2.05, 4.69) is 5.32 Å². The van der Waals surface area contributed by atoms with Crippen LogP contribution < -0.4 is 15.8 Å². The molecule has 4 heteroatoms. The molecule has 4 nitrogen and oxygen atoms in total. The summed E-state index contributed by atoms with van der Waals surface area (Å²) < 4.78 is 5.09. The lowest BCUT2D eigenvalue weighted by Gasteiger charge is -2.27. The zero-order chi connectivity index (χ0) is 12.3. The molecule has 0 bridgehead atoms. The van der Waals surface area contributed by atoms with Gasteiger partial charge in [0.15, 0.2) is 0 Å². The average molecular weight is 234 g/mol. The summed E-state index contributed by atoms with van der Waals surface area (Å²) in [7, 11) is 1.63. The van der Waals surface area contributed by atoms with E-state index in [0.717, 1.165) is 37.1 Å². The maximum Gasteiger partial charge on any atom is 0.243 e. The number of nitrogens with one attached hydrogen (secondary N) is 1. The highest BCUT2D eigenvalue weighted by molar-refractivity contribution is 5.88. The molecule has 1 aliphatic rings. The van der Waals surface area contributed by atoms with Gasteiger partial charge in [-0.1, -0.05) is 12.8 Å². The minimum absolute atomic E-state index is 0.259. The molecule has 0 saturated heterocycles. The third-order valence-corrected chi connectivity index (χ3v) is 3.40. The van der Waals surface area contributed by atoms with Crippen molar-refractivity contribution in [2.75, 3.05) is 12.4 Å². The fourth-order valence-corrected chi connectivity index (χ4v) is 2.36. The second kappa shape index (κ2) is 4.65. The number of nitrogens with two attached hydrogens (primary N) is 1. The fraction of sp³-hybridized carbons (Fsp3) is 0.462. The molecule has 1 fully saturated rings. The Bertz CT molecular complexity index is 394. The van der Waals surface area contributed by atoms with Gasteiger partial charge in [-0.2, -0.15) is 0 Å². The molecule has 1 saturated carbocycles. The third-order valence-electron chi connectivity index (χ3n) is 3.40. The normalized spacial score (nSPS) is 17.7. The van der Waals surface area contributed by atoms with Crippen molar-refractivity contribution in [1.29, 1.82) is 0 Å². The minimum Gasteiger partial charge on any atom is -0.497 e. The van der Waals surface area contributed by atoms with Crippen molar-refractivity contribution in [2.24, 2.45) is 5.73 Å². The van der Waals surface area contributed by atoms with E-state index < -0.39 is 5.54 Å². The van der Waals surface area contributed by atoms with Crippen molar-refractivity contribution in [3.05, 3.63) is 24.3 Å². The van der Waals surface area contributed by atoms with Gasteiger partial charge in [0.1, 0.15) is 11.3 Å². The van der Waals surface area contributed by atoms with Gasteiger partial charge in [0.05, 0.1) is 7.11 Å². The van der Waals surface area contributed by atoms with Gasteiger partial charge >= 0.3 is 0 Å². The molecule has 0 aliphatic heterocycles. The molecule has 0 unspecified atom stereocenters. The first-order chi connectivity index (χ1) is 8.16. The number of hydrogen-bond donors (Lipinski definition) is 2. The monoisotopic (exact) mass is 234 g/mol. The first-order valence-corrected chi connectivity index (χ1v) is 5.88. The van der Waals surface area contributed by atoms with Crippen LogP contribution in [0.5, 0.6) is 5.75 Å². The standard InChI is InChI=1S/C13H18N2O2/c1-17-11-6-4-10(5-7-11)15-13(12(14)16)8-2-3-9-13/h4-7,15H,2-3,8-9H2,1H3,(H2,14,16). The summed E-state index contributed by atoms with van der Waals surface area (Å²) >= 11 is 0. The molecule has 1 aromatic rings. The number of carbonyl (C=O) groups is 1. The second-order valence-electron chi connectivity index (χ2n) is 4.51. The van der Waals surface area contributed by atoms with Crippen molar-refractivity contribution in [3.8, 4) is 5.75 Å². The highest BCUT2D eigenvalue weighted by Gasteiger charge is 2.39. The van der Waals surface area contributed by atoms with Crippen LogP contribution in [0.1, 0.15) is 25.7 Å². The molecule has 17 heavy (non-hydrogen) atoms. The van der Waals surface area contributed by atoms with E-state index in [1.165, 1.54) is 0 Å². The summed E-state index contributed by atoms with van der Waals surface area (Å²) in [5.74, 6) is 0.543. The molecule has 0 radical (unpaired) electrons. The number of rotatable bonds is 4. The van der Waals surface area contributed by atoms with Gasteiger partial charge in [-0.25, -0.2) is 0 Å². The Labute approximate surface area is 101 Å². The number of ether oxygens (including phenoxy) is 1. The Balaban J connectivity index is 2.15. The average Bonchev–Trinajstić information content (AvgIpc) is 2.80. The fourth-order valence-electron chi connectivity index (χ4n) is 2.36. The number of methoxy groups -OCH3 is 1. The van der Waals surface area contributed by atoms with E-state index in [4.69, 9.17) is 10.5 Å². The maximum atomic E-state index is 11.6. The van der Waals surface area contributed by atoms with Gasteiger partial charge in [-0.15, -0.1) is 0 Å². The van der Waals surface area contributed by atoms with Crippen LogP contribution in [0, 0.1) is 0 Å². The van der Waals surface area contributed by atoms with Crippen LogP contribution in [0.15, 0.2) is 24.3 Å². The molecular formula is C13H18N2O2. The predicted molar refractivity (Wildman–Crippen MR) is 67.0 cm³/mol. The Morgan fingerprint density at radius 1 is 1.29 bits per heavy atom. The first kappa shape index (κ1) is 11.8. The van der Waals surface area contributed by atoms with E-state index in [-0.39, 0.29) is 5.91 Å². The van der Waals surface area contributed by atoms with Gasteiger partial charge in [-0.3, -0.25) is 4.79 Å². The van der Waals surface area contributed by atoms with Gasteiger partial charge in [0.25, 0.3) is 0 Å². The van der Waals surface area contributed by atoms with Crippen molar-refractivity contribution < 1.29 is 9.53 Å². The number of anilines is 1. The van der Waals surface area contributed by atoms with Crippen LogP contribution in [0.25, 0.3) is 0 Å². The lowest BCUT2D eigenvalue weighted by molar-refractivity contribution is -0.122. The Morgan fingerprint density at radius 2 is 1.88 bits per heavy atom. The molecule has 0 atom stereocenters. The molecule has 3 N–H and O–H groups in total. The smallest absolute Gasteiger partial charge is 0.243 e. The number of amides is 1. The molecular weight excluding hydrogens is 216 g/mol. The van der Waals surface area contributed by atoms with Crippen molar-refractivity contribution in [3.63, 3.8) is 0 Å². The SMILES string of the molecule is COc1ccc(NC2(C(N)=O)CCCC2)cc1. The largest absolute Gasteiger partial charge is 0.497 e. The Hall–Kier alpha value is -1.71. The molecule has 0 heterocycles. The second-order valence-corrected chi connectivity index (χ2v) is 4.51. The van der Waals surface area contributed by atoms with Crippen LogP contribution >= 0.6 is 0 Å². The van der Waals surface area contributed by atoms with Crippen LogP contribution in [0.4, 0.5) is 5.69 Å². The topological polar surface area (TPSA) is 64.3 Å². The molecule has 2 rings (SSSR count). The number of hydrogen-bond acceptors (Lipinski definition) is 3. The van der Waals surface area contributed by atoms with E-state index in [0.29, 0.717) is 0 Å². The zero-order valence-corrected chi connectivity index (χ0v) is 10.0. The molecule has 0 spiro atoms. The number of benzene rings is 1. The molecule has 1 aromatic carbocycles. The quantitative estimate of drug-likeness (QED) is 0.836. The highest BCUT2D eigenvalue weighted by Crippen LogP contribution is 2.33. The van der Waals surface area contributed by atoms with Crippen LogP contribution in [0.3, 0.4) is 0 Å². The van der Waals surface area contributed by atoms with Crippen LogP contribution in [-0.4, -0.2) is 18.6 Å². The van der Waals surface area contributed by atoms with E-state index in [9.17, 15) is 4.79 Å². The van der Waals surface area contributed by atoms with Gasteiger partial charge in [-0.05, 0) is 37.1 Å². The van der Waals surface area contributed by atoms with E-state index in [1.807, 2.05) is 24.3 Å². The van der Waals surface area contributed by atoms with Gasteiger partial charge in [0, 0.05) is 5.69 Å². The summed E-state index contributed by atoms with van der Waals surface area (Å²) in [5.41, 5.74) is 5.86. The minimum atomic E-state index is -0.561. The lowest BCUT2D eigenvalue weighted by atomic mass is 9.96. The number of carbonyl (C=O) groups excluding carboxylic acids is 1. The summed E-state index contributed by atoms with van der Waals surface area (Å²) in [6.07, 6.45) is 3.72. The lowest BCUT2D eigenvalue weighted by Crippen LogP contribution is -2.48. The summed E-state index contributed by atoms with van der Waals surface area (Å²) in [6.45, 7) is 0. The van der Waals surface area contributed by atoms with Crippen LogP contribution in [0.2, 0.25) is 0 Å². The van der Waals surface area contributed by atoms with Crippen molar-refractivity contribution in [2.45, 2.75) is 31.2 Å². The molecule has 1 aliphatic carbocycles. The molecule has 1 amide bonds. The van der Waals surface area contributed by atoms with Crippen molar-refractivity contribution >= 4 is 11.6 Å². The maximum absolute atomic E-state index is 11.6. The van der Waals surface area contributed by atoms with Gasteiger partial charge < -0.3 is 15.8 Å². The third kappa shape index (κ3) is 2.35. The van der Waals surface area contributed by atoms with E-state index in [1.54, 1.807) is 7.11 Å². The summed E-state index contributed by atoms with van der Waals surface area (Å²) in [5, 5.41) is 3.28. The first-order valence-electron chi connectivity index (χ1n) is 5.88.